The van der Waals surface area contributed by atoms with Crippen molar-refractivity contribution in [1.82, 2.24) is 0 Å². The van der Waals surface area contributed by atoms with E-state index in [9.17, 15) is 0 Å². The predicted octanol–water partition coefficient (Wildman–Crippen LogP) is 5.88. The van der Waals surface area contributed by atoms with Crippen molar-refractivity contribution in [3.8, 4) is 0 Å². The maximum Gasteiger partial charge on any atom is 0.0223 e. The number of aryl methyl sites for hydroxylation is 2. The molecule has 0 amide bonds. The van der Waals surface area contributed by atoms with E-state index in [1.54, 1.807) is 0 Å². The van der Waals surface area contributed by atoms with Crippen molar-refractivity contribution in [2.45, 2.75) is 45.4 Å². The lowest BCUT2D eigenvalue weighted by atomic mass is 9.77. The Balaban J connectivity index is 2.14. The van der Waals surface area contributed by atoms with Crippen molar-refractivity contribution in [3.63, 3.8) is 0 Å². The van der Waals surface area contributed by atoms with E-state index in [0.29, 0.717) is 0 Å². The van der Waals surface area contributed by atoms with Crippen LogP contribution in [0.1, 0.15) is 48.9 Å². The van der Waals surface area contributed by atoms with Gasteiger partial charge in [0.05, 0.1) is 0 Å². The molecule has 0 aliphatic rings. The fourth-order valence-corrected chi connectivity index (χ4v) is 2.84. The van der Waals surface area contributed by atoms with Crippen LogP contribution in [0, 0.1) is 6.92 Å². The number of hydrogen-bond donors (Lipinski definition) is 0. The van der Waals surface area contributed by atoms with E-state index in [4.69, 9.17) is 11.6 Å². The van der Waals surface area contributed by atoms with Crippen LogP contribution in [0.25, 0.3) is 0 Å². The molecule has 0 aliphatic carbocycles. The minimum atomic E-state index is 0.0440. The van der Waals surface area contributed by atoms with E-state index in [0.717, 1.165) is 18.7 Å². The Labute approximate surface area is 134 Å². The molecule has 0 saturated carbocycles. The summed E-state index contributed by atoms with van der Waals surface area (Å²) in [4.78, 5) is 0. The van der Waals surface area contributed by atoms with Gasteiger partial charge < -0.3 is 0 Å². The SMILES string of the molecule is Cc1ccc(C(C)(C)c2ccc(CCCCCl)cc2)cc1. The highest BCUT2D eigenvalue weighted by Crippen LogP contribution is 2.31. The molecule has 0 bridgehead atoms. The van der Waals surface area contributed by atoms with E-state index in [1.165, 1.54) is 28.7 Å². The second-order valence-corrected chi connectivity index (χ2v) is 6.71. The lowest BCUT2D eigenvalue weighted by molar-refractivity contribution is 0.640. The average Bonchev–Trinajstić information content (AvgIpc) is 2.48. The van der Waals surface area contributed by atoms with E-state index < -0.39 is 0 Å². The smallest absolute Gasteiger partial charge is 0.0223 e. The van der Waals surface area contributed by atoms with Crippen LogP contribution < -0.4 is 0 Å². The molecule has 2 aromatic rings. The summed E-state index contributed by atoms with van der Waals surface area (Å²) in [6.45, 7) is 6.72. The summed E-state index contributed by atoms with van der Waals surface area (Å²) in [5, 5.41) is 0. The molecule has 0 spiro atoms. The molecule has 0 aliphatic heterocycles. The van der Waals surface area contributed by atoms with Crippen molar-refractivity contribution >= 4 is 11.6 Å². The van der Waals surface area contributed by atoms with Crippen molar-refractivity contribution in [1.29, 1.82) is 0 Å². The zero-order chi connectivity index (χ0) is 15.3. The summed E-state index contributed by atoms with van der Waals surface area (Å²) < 4.78 is 0. The van der Waals surface area contributed by atoms with Gasteiger partial charge >= 0.3 is 0 Å². The Morgan fingerprint density at radius 3 is 1.86 bits per heavy atom. The van der Waals surface area contributed by atoms with Gasteiger partial charge in [0.25, 0.3) is 0 Å². The number of halogens is 1. The first-order chi connectivity index (χ1) is 10.0. The number of benzene rings is 2. The molecular weight excluding hydrogens is 276 g/mol. The summed E-state index contributed by atoms with van der Waals surface area (Å²) in [5.41, 5.74) is 5.49. The van der Waals surface area contributed by atoms with Crippen molar-refractivity contribution in [3.05, 3.63) is 70.8 Å². The summed E-state index contributed by atoms with van der Waals surface area (Å²) in [7, 11) is 0. The minimum Gasteiger partial charge on any atom is -0.127 e. The minimum absolute atomic E-state index is 0.0440. The largest absolute Gasteiger partial charge is 0.127 e. The molecule has 0 saturated heterocycles. The Morgan fingerprint density at radius 1 is 0.810 bits per heavy atom. The molecule has 0 fully saturated rings. The van der Waals surface area contributed by atoms with Crippen LogP contribution in [0.4, 0.5) is 0 Å². The lowest BCUT2D eigenvalue weighted by Gasteiger charge is -2.26. The number of rotatable bonds is 6. The van der Waals surface area contributed by atoms with E-state index in [2.05, 4.69) is 69.3 Å². The second-order valence-electron chi connectivity index (χ2n) is 6.33. The summed E-state index contributed by atoms with van der Waals surface area (Å²) in [6.07, 6.45) is 3.39. The predicted molar refractivity (Wildman–Crippen MR) is 93.4 cm³/mol. The van der Waals surface area contributed by atoms with Gasteiger partial charge in [0.2, 0.25) is 0 Å². The Hall–Kier alpha value is -1.27. The molecule has 0 heterocycles. The van der Waals surface area contributed by atoms with E-state index in [1.807, 2.05) is 0 Å². The number of hydrogen-bond acceptors (Lipinski definition) is 0. The molecule has 2 aromatic carbocycles. The van der Waals surface area contributed by atoms with Gasteiger partial charge in [-0.3, -0.25) is 0 Å². The normalized spacial score (nSPS) is 11.6. The van der Waals surface area contributed by atoms with Gasteiger partial charge in [-0.25, -0.2) is 0 Å². The molecule has 2 rings (SSSR count). The fraction of sp³-hybridized carbons (Fsp3) is 0.400. The fourth-order valence-electron chi connectivity index (χ4n) is 2.65. The highest BCUT2D eigenvalue weighted by Gasteiger charge is 2.22. The quantitative estimate of drug-likeness (QED) is 0.461. The van der Waals surface area contributed by atoms with Crippen LogP contribution >= 0.6 is 11.6 Å². The third kappa shape index (κ3) is 4.11. The molecule has 0 unspecified atom stereocenters. The average molecular weight is 301 g/mol. The zero-order valence-corrected chi connectivity index (χ0v) is 14.1. The highest BCUT2D eigenvalue weighted by atomic mass is 35.5. The molecule has 1 heteroatoms. The van der Waals surface area contributed by atoms with Crippen molar-refractivity contribution < 1.29 is 0 Å². The van der Waals surface area contributed by atoms with Crippen LogP contribution in [0.2, 0.25) is 0 Å². The first-order valence-electron chi connectivity index (χ1n) is 7.76. The topological polar surface area (TPSA) is 0 Å². The molecule has 112 valence electrons. The van der Waals surface area contributed by atoms with Gasteiger partial charge in [0.1, 0.15) is 0 Å². The van der Waals surface area contributed by atoms with Crippen LogP contribution in [0.3, 0.4) is 0 Å². The Morgan fingerprint density at radius 2 is 1.33 bits per heavy atom. The zero-order valence-electron chi connectivity index (χ0n) is 13.3. The van der Waals surface area contributed by atoms with Crippen LogP contribution in [-0.2, 0) is 11.8 Å². The Bertz CT molecular complexity index is 549. The van der Waals surface area contributed by atoms with E-state index >= 15 is 0 Å². The molecule has 0 radical (unpaired) electrons. The monoisotopic (exact) mass is 300 g/mol. The first-order valence-corrected chi connectivity index (χ1v) is 8.30. The Kier molecular flexibility index (Phi) is 5.47. The summed E-state index contributed by atoms with van der Waals surface area (Å²) >= 11 is 5.73. The summed E-state index contributed by atoms with van der Waals surface area (Å²) in [6, 6.07) is 17.9. The van der Waals surface area contributed by atoms with Gasteiger partial charge in [-0.2, -0.15) is 0 Å². The second kappa shape index (κ2) is 7.13. The molecule has 21 heavy (non-hydrogen) atoms. The molecule has 0 nitrogen and oxygen atoms in total. The molecule has 0 aromatic heterocycles. The third-order valence-corrected chi connectivity index (χ3v) is 4.57. The standard InChI is InChI=1S/C20H25Cl/c1-16-7-11-18(12-8-16)20(2,3)19-13-9-17(10-14-19)6-4-5-15-21/h7-14H,4-6,15H2,1-3H3. The van der Waals surface area contributed by atoms with Crippen molar-refractivity contribution in [2.75, 3.05) is 5.88 Å². The third-order valence-electron chi connectivity index (χ3n) is 4.30. The van der Waals surface area contributed by atoms with Gasteiger partial charge in [0.15, 0.2) is 0 Å². The van der Waals surface area contributed by atoms with Crippen LogP contribution in [-0.4, -0.2) is 5.88 Å². The van der Waals surface area contributed by atoms with Crippen LogP contribution in [0.5, 0.6) is 0 Å². The van der Waals surface area contributed by atoms with Gasteiger partial charge in [-0.1, -0.05) is 67.9 Å². The molecule has 0 N–H and O–H groups in total. The van der Waals surface area contributed by atoms with Gasteiger partial charge in [-0.15, -0.1) is 11.6 Å². The van der Waals surface area contributed by atoms with Gasteiger partial charge in [0, 0.05) is 11.3 Å². The molecular formula is C20H25Cl. The van der Waals surface area contributed by atoms with Crippen molar-refractivity contribution in [2.24, 2.45) is 0 Å². The first kappa shape index (κ1) is 16.1. The lowest BCUT2D eigenvalue weighted by Crippen LogP contribution is -2.18. The van der Waals surface area contributed by atoms with E-state index in [-0.39, 0.29) is 5.41 Å². The summed E-state index contributed by atoms with van der Waals surface area (Å²) in [5.74, 6) is 0.762. The van der Waals surface area contributed by atoms with Gasteiger partial charge in [-0.05, 0) is 42.9 Å². The maximum absolute atomic E-state index is 5.73. The number of alkyl halides is 1. The highest BCUT2D eigenvalue weighted by molar-refractivity contribution is 6.17. The van der Waals surface area contributed by atoms with Crippen LogP contribution in [0.15, 0.2) is 48.5 Å². The number of unbranched alkanes of at least 4 members (excludes halogenated alkanes) is 1. The molecule has 0 atom stereocenters. The maximum atomic E-state index is 5.73.